The third-order valence-corrected chi connectivity index (χ3v) is 5.89. The van der Waals surface area contributed by atoms with E-state index in [0.29, 0.717) is 11.9 Å². The Morgan fingerprint density at radius 2 is 2.41 bits per heavy atom. The van der Waals surface area contributed by atoms with Gasteiger partial charge in [-0.3, -0.25) is 4.79 Å². The monoisotopic (exact) mass is 382 g/mol. The van der Waals surface area contributed by atoms with Crippen molar-refractivity contribution in [3.63, 3.8) is 0 Å². The van der Waals surface area contributed by atoms with Crippen LogP contribution < -0.4 is 15.8 Å². The largest absolute Gasteiger partial charge is 0.350 e. The third-order valence-electron chi connectivity index (χ3n) is 3.96. The first kappa shape index (κ1) is 15.7. The molecule has 0 unspecified atom stereocenters. The van der Waals surface area contributed by atoms with Gasteiger partial charge in [-0.15, -0.1) is 11.3 Å². The molecule has 0 amide bonds. The molecule has 1 atom stereocenters. The molecule has 1 saturated heterocycles. The molecular formula is C15H19BrN4OS. The molecule has 1 aliphatic rings. The Kier molecular flexibility index (Phi) is 4.95. The summed E-state index contributed by atoms with van der Waals surface area (Å²) in [5, 5.41) is 5.69. The van der Waals surface area contributed by atoms with E-state index in [4.69, 9.17) is 0 Å². The van der Waals surface area contributed by atoms with E-state index >= 15 is 0 Å². The van der Waals surface area contributed by atoms with Crippen molar-refractivity contribution >= 4 is 33.1 Å². The first-order valence-corrected chi connectivity index (χ1v) is 9.04. The number of piperidine rings is 1. The second-order valence-electron chi connectivity index (χ2n) is 5.52. The van der Waals surface area contributed by atoms with Crippen molar-refractivity contribution in [3.05, 3.63) is 43.5 Å². The predicted molar refractivity (Wildman–Crippen MR) is 93.6 cm³/mol. The van der Waals surface area contributed by atoms with Gasteiger partial charge in [-0.2, -0.15) is 0 Å². The number of halogens is 1. The van der Waals surface area contributed by atoms with Crippen molar-refractivity contribution < 1.29 is 0 Å². The first-order valence-electron chi connectivity index (χ1n) is 7.37. The molecule has 22 heavy (non-hydrogen) atoms. The quantitative estimate of drug-likeness (QED) is 0.881. The lowest BCUT2D eigenvalue weighted by Gasteiger charge is -2.33. The van der Waals surface area contributed by atoms with Crippen molar-refractivity contribution in [3.8, 4) is 0 Å². The van der Waals surface area contributed by atoms with Crippen LogP contribution in [0.2, 0.25) is 0 Å². The summed E-state index contributed by atoms with van der Waals surface area (Å²) in [7, 11) is 1.77. The number of aromatic nitrogens is 2. The zero-order valence-corrected chi connectivity index (χ0v) is 14.9. The fourth-order valence-electron chi connectivity index (χ4n) is 2.73. The minimum absolute atomic E-state index is 0.0239. The van der Waals surface area contributed by atoms with Crippen LogP contribution in [0.4, 0.5) is 5.82 Å². The molecule has 3 rings (SSSR count). The van der Waals surface area contributed by atoms with E-state index in [-0.39, 0.29) is 5.56 Å². The Bertz CT molecular complexity index is 699. The molecule has 1 N–H and O–H groups in total. The van der Waals surface area contributed by atoms with Gasteiger partial charge in [-0.25, -0.2) is 4.98 Å². The third kappa shape index (κ3) is 3.42. The maximum absolute atomic E-state index is 12.2. The molecule has 7 heteroatoms. The van der Waals surface area contributed by atoms with Crippen LogP contribution in [0.15, 0.2) is 33.1 Å². The highest BCUT2D eigenvalue weighted by molar-refractivity contribution is 9.10. The molecule has 0 saturated carbocycles. The predicted octanol–water partition coefficient (Wildman–Crippen LogP) is 2.36. The fourth-order valence-corrected chi connectivity index (χ4v) is 4.17. The number of aryl methyl sites for hydroxylation is 1. The van der Waals surface area contributed by atoms with Crippen molar-refractivity contribution in [1.82, 2.24) is 14.9 Å². The summed E-state index contributed by atoms with van der Waals surface area (Å²) in [6, 6.07) is 2.46. The van der Waals surface area contributed by atoms with Crippen molar-refractivity contribution in [2.45, 2.75) is 25.4 Å². The lowest BCUT2D eigenvalue weighted by molar-refractivity contribution is 0.420. The van der Waals surface area contributed by atoms with Gasteiger partial charge in [0.15, 0.2) is 5.82 Å². The highest BCUT2D eigenvalue weighted by atomic mass is 79.9. The lowest BCUT2D eigenvalue weighted by atomic mass is 10.1. The van der Waals surface area contributed by atoms with Crippen LogP contribution in [0.1, 0.15) is 17.7 Å². The fraction of sp³-hybridized carbons (Fsp3) is 0.467. The molecule has 1 fully saturated rings. The normalized spacial score (nSPS) is 18.6. The maximum Gasteiger partial charge on any atom is 0.293 e. The number of hydrogen-bond donors (Lipinski definition) is 1. The summed E-state index contributed by atoms with van der Waals surface area (Å²) in [5.41, 5.74) is -0.0239. The second kappa shape index (κ2) is 6.93. The zero-order valence-electron chi connectivity index (χ0n) is 12.5. The van der Waals surface area contributed by atoms with Gasteiger partial charge in [-0.1, -0.05) is 0 Å². The zero-order chi connectivity index (χ0) is 15.5. The van der Waals surface area contributed by atoms with E-state index in [9.17, 15) is 4.79 Å². The van der Waals surface area contributed by atoms with Crippen LogP contribution in [0, 0.1) is 0 Å². The van der Waals surface area contributed by atoms with Gasteiger partial charge >= 0.3 is 0 Å². The Morgan fingerprint density at radius 1 is 1.55 bits per heavy atom. The minimum Gasteiger partial charge on any atom is -0.350 e. The summed E-state index contributed by atoms with van der Waals surface area (Å²) in [6.45, 7) is 2.58. The second-order valence-corrected chi connectivity index (χ2v) is 7.38. The molecule has 0 spiro atoms. The molecule has 2 aromatic heterocycles. The number of thiophene rings is 1. The molecule has 0 radical (unpaired) electrons. The van der Waals surface area contributed by atoms with Crippen LogP contribution in [-0.4, -0.2) is 28.7 Å². The molecule has 118 valence electrons. The Morgan fingerprint density at radius 3 is 3.18 bits per heavy atom. The molecular weight excluding hydrogens is 364 g/mol. The van der Waals surface area contributed by atoms with Gasteiger partial charge in [-0.05, 0) is 40.2 Å². The molecule has 0 bridgehead atoms. The molecule has 1 aliphatic heterocycles. The smallest absolute Gasteiger partial charge is 0.293 e. The number of anilines is 1. The highest BCUT2D eigenvalue weighted by Gasteiger charge is 2.22. The van der Waals surface area contributed by atoms with E-state index in [2.05, 4.69) is 42.6 Å². The first-order chi connectivity index (χ1) is 10.6. The van der Waals surface area contributed by atoms with Gasteiger partial charge in [0.25, 0.3) is 5.56 Å². The summed E-state index contributed by atoms with van der Waals surface area (Å²) in [6.07, 6.45) is 5.59. The standard InChI is InChI=1S/C15H19BrN4OS/c1-19-7-5-17-14(15(19)21)20-6-2-3-11(10-20)18-9-13-12(16)4-8-22-13/h4-5,7-8,11,18H,2-3,6,9-10H2,1H3/t11-/m0/s1. The van der Waals surface area contributed by atoms with E-state index in [1.807, 2.05) is 0 Å². The maximum atomic E-state index is 12.2. The average molecular weight is 383 g/mol. The number of nitrogens with one attached hydrogen (secondary N) is 1. The van der Waals surface area contributed by atoms with Crippen LogP contribution >= 0.6 is 27.3 Å². The van der Waals surface area contributed by atoms with Gasteiger partial charge in [0.05, 0.1) is 0 Å². The average Bonchev–Trinajstić information content (AvgIpc) is 2.93. The summed E-state index contributed by atoms with van der Waals surface area (Å²) in [5.74, 6) is 0.564. The van der Waals surface area contributed by atoms with Crippen LogP contribution in [0.5, 0.6) is 0 Å². The molecule has 0 aliphatic carbocycles. The van der Waals surface area contributed by atoms with E-state index < -0.39 is 0 Å². The number of nitrogens with zero attached hydrogens (tertiary/aromatic N) is 3. The Labute approximate surface area is 142 Å². The van der Waals surface area contributed by atoms with Gasteiger partial charge in [0.1, 0.15) is 0 Å². The number of rotatable bonds is 4. The van der Waals surface area contributed by atoms with Gasteiger partial charge in [0, 0.05) is 54.5 Å². The number of hydrogen-bond acceptors (Lipinski definition) is 5. The Balaban J connectivity index is 1.65. The van der Waals surface area contributed by atoms with Crippen molar-refractivity contribution in [1.29, 1.82) is 0 Å². The van der Waals surface area contributed by atoms with Crippen LogP contribution in [0.3, 0.4) is 0 Å². The molecule has 2 aromatic rings. The van der Waals surface area contributed by atoms with Crippen LogP contribution in [-0.2, 0) is 13.6 Å². The van der Waals surface area contributed by atoms with Crippen molar-refractivity contribution in [2.75, 3.05) is 18.0 Å². The van der Waals surface area contributed by atoms with E-state index in [1.54, 1.807) is 35.3 Å². The van der Waals surface area contributed by atoms with Crippen molar-refractivity contribution in [2.24, 2.45) is 7.05 Å². The van der Waals surface area contributed by atoms with Gasteiger partial charge in [0.2, 0.25) is 0 Å². The topological polar surface area (TPSA) is 50.2 Å². The Hall–Kier alpha value is -1.18. The van der Waals surface area contributed by atoms with E-state index in [0.717, 1.165) is 36.9 Å². The van der Waals surface area contributed by atoms with Crippen LogP contribution in [0.25, 0.3) is 0 Å². The summed E-state index contributed by atoms with van der Waals surface area (Å²) < 4.78 is 2.75. The highest BCUT2D eigenvalue weighted by Crippen LogP contribution is 2.23. The minimum atomic E-state index is -0.0239. The van der Waals surface area contributed by atoms with Gasteiger partial charge < -0.3 is 14.8 Å². The molecule has 0 aromatic carbocycles. The summed E-state index contributed by atoms with van der Waals surface area (Å²) >= 11 is 5.31. The summed E-state index contributed by atoms with van der Waals surface area (Å²) in [4.78, 5) is 19.9. The SMILES string of the molecule is Cn1ccnc(N2CCC[C@H](NCc3sccc3Br)C2)c1=O. The lowest BCUT2D eigenvalue weighted by Crippen LogP contribution is -2.47. The molecule has 3 heterocycles. The molecule has 5 nitrogen and oxygen atoms in total. The van der Waals surface area contributed by atoms with E-state index in [1.165, 1.54) is 4.88 Å².